The van der Waals surface area contributed by atoms with Crippen LogP contribution in [0, 0.1) is 0 Å². The van der Waals surface area contributed by atoms with Crippen molar-refractivity contribution in [3.63, 3.8) is 0 Å². The van der Waals surface area contributed by atoms with E-state index in [-0.39, 0.29) is 11.4 Å². The number of methoxy groups -OCH3 is 1. The maximum atomic E-state index is 13.0. The van der Waals surface area contributed by atoms with Crippen LogP contribution < -0.4 is 14.4 Å². The lowest BCUT2D eigenvalue weighted by Crippen LogP contribution is -2.47. The number of benzene rings is 2. The number of nitrogens with zero attached hydrogens (tertiary/aromatic N) is 1. The van der Waals surface area contributed by atoms with E-state index in [1.165, 1.54) is 13.2 Å². The number of carbonyl (C=O) groups is 1. The van der Waals surface area contributed by atoms with Gasteiger partial charge in [0.1, 0.15) is 11.8 Å². The van der Waals surface area contributed by atoms with Crippen LogP contribution in [0.1, 0.15) is 38.7 Å². The Bertz CT molecular complexity index is 959. The lowest BCUT2D eigenvalue weighted by molar-refractivity contribution is -0.117. The first-order chi connectivity index (χ1) is 13.6. The van der Waals surface area contributed by atoms with Crippen molar-refractivity contribution in [2.24, 2.45) is 0 Å². The van der Waals surface area contributed by atoms with Crippen molar-refractivity contribution in [2.75, 3.05) is 23.0 Å². The summed E-state index contributed by atoms with van der Waals surface area (Å²) in [5, 5.41) is 3.08. The molecule has 0 bridgehead atoms. The maximum absolute atomic E-state index is 13.0. The Hall–Kier alpha value is -2.25. The fourth-order valence-electron chi connectivity index (χ4n) is 3.03. The number of hydrogen-bond acceptors (Lipinski definition) is 4. The van der Waals surface area contributed by atoms with Crippen LogP contribution in [0.25, 0.3) is 0 Å². The second kappa shape index (κ2) is 9.50. The van der Waals surface area contributed by atoms with Gasteiger partial charge in [0, 0.05) is 5.69 Å². The zero-order chi connectivity index (χ0) is 21.8. The van der Waals surface area contributed by atoms with E-state index in [2.05, 4.69) is 19.2 Å². The van der Waals surface area contributed by atoms with Crippen molar-refractivity contribution in [1.82, 2.24) is 0 Å². The summed E-state index contributed by atoms with van der Waals surface area (Å²) in [6.45, 7) is 5.94. The van der Waals surface area contributed by atoms with E-state index in [9.17, 15) is 13.2 Å². The molecule has 158 valence electrons. The Morgan fingerprint density at radius 1 is 1.17 bits per heavy atom. The Kier molecular flexibility index (Phi) is 7.54. The fourth-order valence-corrected chi connectivity index (χ4v) is 4.49. The van der Waals surface area contributed by atoms with E-state index < -0.39 is 22.0 Å². The van der Waals surface area contributed by atoms with Crippen molar-refractivity contribution in [1.29, 1.82) is 0 Å². The highest BCUT2D eigenvalue weighted by Gasteiger charge is 2.32. The lowest BCUT2D eigenvalue weighted by atomic mass is 10.0. The lowest BCUT2D eigenvalue weighted by Gasteiger charge is -2.30. The van der Waals surface area contributed by atoms with Gasteiger partial charge >= 0.3 is 0 Å². The zero-order valence-electron chi connectivity index (χ0n) is 17.3. The van der Waals surface area contributed by atoms with Gasteiger partial charge in [0.25, 0.3) is 0 Å². The topological polar surface area (TPSA) is 75.7 Å². The number of rotatable bonds is 8. The zero-order valence-corrected chi connectivity index (χ0v) is 18.8. The highest BCUT2D eigenvalue weighted by atomic mass is 35.5. The molecular weight excluding hydrogens is 412 g/mol. The molecule has 0 radical (unpaired) electrons. The first-order valence-corrected chi connectivity index (χ1v) is 11.5. The number of sulfonamides is 1. The Morgan fingerprint density at radius 2 is 1.79 bits per heavy atom. The van der Waals surface area contributed by atoms with Crippen molar-refractivity contribution in [2.45, 2.75) is 39.2 Å². The molecule has 0 unspecified atom stereocenters. The first kappa shape index (κ1) is 23.0. The van der Waals surface area contributed by atoms with E-state index in [0.29, 0.717) is 23.0 Å². The number of amides is 1. The molecule has 2 aromatic carbocycles. The highest BCUT2D eigenvalue weighted by molar-refractivity contribution is 7.92. The molecule has 0 fully saturated rings. The van der Waals surface area contributed by atoms with Crippen LogP contribution >= 0.6 is 11.6 Å². The SMILES string of the molecule is CC[C@@H](C(=O)Nc1ccc(C(C)C)cc1)N(c1ccc(OC)c(Cl)c1)S(C)(=O)=O. The maximum Gasteiger partial charge on any atom is 0.248 e. The van der Waals surface area contributed by atoms with Crippen LogP contribution in [0.15, 0.2) is 42.5 Å². The van der Waals surface area contributed by atoms with Crippen LogP contribution in [0.5, 0.6) is 5.75 Å². The summed E-state index contributed by atoms with van der Waals surface area (Å²) in [6, 6.07) is 11.2. The van der Waals surface area contributed by atoms with E-state index in [0.717, 1.165) is 16.1 Å². The van der Waals surface area contributed by atoms with Gasteiger partial charge in [-0.25, -0.2) is 8.42 Å². The van der Waals surface area contributed by atoms with E-state index in [1.807, 2.05) is 24.3 Å². The largest absolute Gasteiger partial charge is 0.495 e. The van der Waals surface area contributed by atoms with E-state index in [1.54, 1.807) is 19.1 Å². The number of halogens is 1. The highest BCUT2D eigenvalue weighted by Crippen LogP contribution is 2.32. The molecule has 0 aliphatic carbocycles. The second-order valence-electron chi connectivity index (χ2n) is 7.07. The number of hydrogen-bond donors (Lipinski definition) is 1. The van der Waals surface area contributed by atoms with Gasteiger partial charge in [0.15, 0.2) is 0 Å². The van der Waals surface area contributed by atoms with Gasteiger partial charge in [-0.15, -0.1) is 0 Å². The molecule has 6 nitrogen and oxygen atoms in total. The third kappa shape index (κ3) is 5.64. The predicted molar refractivity (Wildman–Crippen MR) is 119 cm³/mol. The monoisotopic (exact) mass is 438 g/mol. The molecule has 2 rings (SSSR count). The molecule has 2 aromatic rings. The summed E-state index contributed by atoms with van der Waals surface area (Å²) >= 11 is 6.17. The molecule has 1 N–H and O–H groups in total. The van der Waals surface area contributed by atoms with Gasteiger partial charge in [0.2, 0.25) is 15.9 Å². The Morgan fingerprint density at radius 3 is 2.24 bits per heavy atom. The quantitative estimate of drug-likeness (QED) is 0.650. The minimum absolute atomic E-state index is 0.262. The third-order valence-electron chi connectivity index (χ3n) is 4.56. The minimum Gasteiger partial charge on any atom is -0.495 e. The number of nitrogens with one attached hydrogen (secondary N) is 1. The van der Waals surface area contributed by atoms with E-state index in [4.69, 9.17) is 16.3 Å². The van der Waals surface area contributed by atoms with Crippen LogP contribution in [-0.2, 0) is 14.8 Å². The molecule has 0 aromatic heterocycles. The van der Waals surface area contributed by atoms with Crippen molar-refractivity contribution in [3.05, 3.63) is 53.1 Å². The molecule has 0 saturated carbocycles. The summed E-state index contributed by atoms with van der Waals surface area (Å²) in [6.07, 6.45) is 1.35. The average Bonchev–Trinajstić information content (AvgIpc) is 2.65. The smallest absolute Gasteiger partial charge is 0.248 e. The van der Waals surface area contributed by atoms with Crippen LogP contribution in [0.4, 0.5) is 11.4 Å². The molecular formula is C21H27ClN2O4S. The van der Waals surface area contributed by atoms with Crippen LogP contribution in [-0.4, -0.2) is 33.7 Å². The minimum atomic E-state index is -3.75. The molecule has 0 heterocycles. The summed E-state index contributed by atoms with van der Waals surface area (Å²) in [5.74, 6) is 0.387. The van der Waals surface area contributed by atoms with Gasteiger partial charge in [-0.3, -0.25) is 9.10 Å². The van der Waals surface area contributed by atoms with Gasteiger partial charge in [-0.05, 0) is 48.2 Å². The van der Waals surface area contributed by atoms with Gasteiger partial charge < -0.3 is 10.1 Å². The summed E-state index contributed by atoms with van der Waals surface area (Å²) in [7, 11) is -2.27. The molecule has 29 heavy (non-hydrogen) atoms. The molecule has 1 atom stereocenters. The van der Waals surface area contributed by atoms with Crippen molar-refractivity contribution in [3.8, 4) is 5.75 Å². The average molecular weight is 439 g/mol. The van der Waals surface area contributed by atoms with Crippen LogP contribution in [0.2, 0.25) is 5.02 Å². The summed E-state index contributed by atoms with van der Waals surface area (Å²) in [4.78, 5) is 13.0. The first-order valence-electron chi connectivity index (χ1n) is 9.32. The number of anilines is 2. The Labute approximate surface area is 177 Å². The molecule has 1 amide bonds. The summed E-state index contributed by atoms with van der Waals surface area (Å²) in [5.41, 5.74) is 2.06. The molecule has 0 aliphatic rings. The predicted octanol–water partition coefficient (Wildman–Crippen LogP) is 4.66. The number of carbonyl (C=O) groups excluding carboxylic acids is 1. The van der Waals surface area contributed by atoms with Crippen LogP contribution in [0.3, 0.4) is 0 Å². The third-order valence-corrected chi connectivity index (χ3v) is 6.04. The van der Waals surface area contributed by atoms with Crippen molar-refractivity contribution < 1.29 is 17.9 Å². The van der Waals surface area contributed by atoms with Gasteiger partial charge in [0.05, 0.1) is 24.1 Å². The normalized spacial score (nSPS) is 12.5. The van der Waals surface area contributed by atoms with Gasteiger partial charge in [-0.1, -0.05) is 44.5 Å². The van der Waals surface area contributed by atoms with E-state index >= 15 is 0 Å². The fraction of sp³-hybridized carbons (Fsp3) is 0.381. The molecule has 0 saturated heterocycles. The van der Waals surface area contributed by atoms with Crippen molar-refractivity contribution >= 4 is 38.9 Å². The second-order valence-corrected chi connectivity index (χ2v) is 9.33. The Balaban J connectivity index is 2.35. The summed E-state index contributed by atoms with van der Waals surface area (Å²) < 4.78 is 31.3. The number of ether oxygens (including phenoxy) is 1. The molecule has 8 heteroatoms. The molecule has 0 aliphatic heterocycles. The van der Waals surface area contributed by atoms with Gasteiger partial charge in [-0.2, -0.15) is 0 Å². The molecule has 0 spiro atoms. The standard InChI is InChI=1S/C21H27ClN2O4S/c1-6-19(21(25)23-16-9-7-15(8-10-16)14(2)3)24(29(5,26)27)17-11-12-20(28-4)18(22)13-17/h7-14,19H,6H2,1-5H3,(H,23,25)/t19-/m0/s1.